The van der Waals surface area contributed by atoms with Gasteiger partial charge in [0.15, 0.2) is 6.61 Å². The molecule has 118 valence electrons. The van der Waals surface area contributed by atoms with Gasteiger partial charge in [-0.3, -0.25) is 4.79 Å². The molecule has 0 aliphatic carbocycles. The van der Waals surface area contributed by atoms with Gasteiger partial charge in [0.1, 0.15) is 5.75 Å². The van der Waals surface area contributed by atoms with Crippen LogP contribution in [0.4, 0.5) is 5.69 Å². The highest BCUT2D eigenvalue weighted by Gasteiger charge is 2.12. The van der Waals surface area contributed by atoms with Crippen LogP contribution in [0.25, 0.3) is 0 Å². The average molecular weight is 315 g/mol. The van der Waals surface area contributed by atoms with E-state index < -0.39 is 24.5 Å². The van der Waals surface area contributed by atoms with Crippen molar-refractivity contribution >= 4 is 23.5 Å². The molecule has 3 N–H and O–H groups in total. The number of benzene rings is 2. The Morgan fingerprint density at radius 3 is 2.26 bits per heavy atom. The number of hydrogen-bond acceptors (Lipinski definition) is 4. The van der Waals surface area contributed by atoms with Crippen LogP contribution >= 0.6 is 0 Å². The number of anilines is 1. The molecule has 0 atom stereocenters. The predicted octanol–water partition coefficient (Wildman–Crippen LogP) is 2.10. The molecule has 23 heavy (non-hydrogen) atoms. The van der Waals surface area contributed by atoms with Crippen LogP contribution in [-0.2, 0) is 4.79 Å². The van der Waals surface area contributed by atoms with Gasteiger partial charge < -0.3 is 20.3 Å². The first-order valence-electron chi connectivity index (χ1n) is 6.55. The molecule has 0 radical (unpaired) electrons. The summed E-state index contributed by atoms with van der Waals surface area (Å²) in [5.74, 6) is -2.80. The van der Waals surface area contributed by atoms with Crippen molar-refractivity contribution in [3.8, 4) is 5.75 Å². The molecular formula is C16H13NO6. The van der Waals surface area contributed by atoms with Crippen molar-refractivity contribution in [2.24, 2.45) is 0 Å². The van der Waals surface area contributed by atoms with E-state index in [0.717, 1.165) is 0 Å². The van der Waals surface area contributed by atoms with Crippen LogP contribution in [0.5, 0.6) is 5.75 Å². The number of carboxylic acids is 2. The van der Waals surface area contributed by atoms with Crippen molar-refractivity contribution in [1.82, 2.24) is 0 Å². The van der Waals surface area contributed by atoms with Gasteiger partial charge >= 0.3 is 11.9 Å². The van der Waals surface area contributed by atoms with Gasteiger partial charge in [-0.05, 0) is 24.3 Å². The van der Waals surface area contributed by atoms with Crippen molar-refractivity contribution in [3.63, 3.8) is 0 Å². The van der Waals surface area contributed by atoms with Crippen molar-refractivity contribution in [1.29, 1.82) is 0 Å². The van der Waals surface area contributed by atoms with Gasteiger partial charge in [-0.25, -0.2) is 9.59 Å². The number of ether oxygens (including phenoxy) is 1. The zero-order chi connectivity index (χ0) is 16.8. The molecule has 0 heterocycles. The fraction of sp³-hybridized carbons (Fsp3) is 0.0625. The average Bonchev–Trinajstić information content (AvgIpc) is 2.53. The molecule has 0 aliphatic rings. The lowest BCUT2D eigenvalue weighted by atomic mass is 10.1. The molecule has 0 spiro atoms. The Labute approximate surface area is 131 Å². The Morgan fingerprint density at radius 1 is 0.957 bits per heavy atom. The first-order chi connectivity index (χ1) is 11.0. The minimum atomic E-state index is -1.22. The molecule has 0 fully saturated rings. The van der Waals surface area contributed by atoms with Gasteiger partial charge in [0.2, 0.25) is 0 Å². The predicted molar refractivity (Wildman–Crippen MR) is 80.9 cm³/mol. The smallest absolute Gasteiger partial charge is 0.341 e. The molecule has 0 unspecified atom stereocenters. The van der Waals surface area contributed by atoms with E-state index in [0.29, 0.717) is 5.56 Å². The standard InChI is InChI=1S/C16H13NO6/c18-14(19)9-23-13-7-11(16(21)22)6-12(8-13)17-15(20)10-4-2-1-3-5-10/h1-8H,9H2,(H,17,20)(H,18,19)(H,21,22). The van der Waals surface area contributed by atoms with Gasteiger partial charge in [-0.15, -0.1) is 0 Å². The van der Waals surface area contributed by atoms with E-state index in [1.54, 1.807) is 30.3 Å². The van der Waals surface area contributed by atoms with Gasteiger partial charge in [-0.2, -0.15) is 0 Å². The minimum Gasteiger partial charge on any atom is -0.482 e. The number of nitrogens with one attached hydrogen (secondary N) is 1. The first-order valence-corrected chi connectivity index (χ1v) is 6.55. The summed E-state index contributed by atoms with van der Waals surface area (Å²) in [6.45, 7) is -0.616. The zero-order valence-corrected chi connectivity index (χ0v) is 11.9. The van der Waals surface area contributed by atoms with E-state index in [4.69, 9.17) is 14.9 Å². The lowest BCUT2D eigenvalue weighted by Gasteiger charge is -2.10. The molecule has 7 nitrogen and oxygen atoms in total. The van der Waals surface area contributed by atoms with Gasteiger partial charge in [0, 0.05) is 17.3 Å². The number of aromatic carboxylic acids is 1. The number of aliphatic carboxylic acids is 1. The summed E-state index contributed by atoms with van der Waals surface area (Å²) in [5.41, 5.74) is 0.469. The second-order valence-corrected chi connectivity index (χ2v) is 4.55. The van der Waals surface area contributed by atoms with E-state index in [-0.39, 0.29) is 17.0 Å². The molecule has 7 heteroatoms. The van der Waals surface area contributed by atoms with Crippen LogP contribution in [0.15, 0.2) is 48.5 Å². The quantitative estimate of drug-likeness (QED) is 0.752. The molecule has 1 amide bonds. The fourth-order valence-corrected chi connectivity index (χ4v) is 1.82. The highest BCUT2D eigenvalue weighted by molar-refractivity contribution is 6.05. The largest absolute Gasteiger partial charge is 0.482 e. The van der Waals surface area contributed by atoms with Crippen molar-refractivity contribution < 1.29 is 29.3 Å². The number of hydrogen-bond donors (Lipinski definition) is 3. The zero-order valence-electron chi connectivity index (χ0n) is 11.9. The Kier molecular flexibility index (Phi) is 4.93. The molecule has 2 rings (SSSR count). The second kappa shape index (κ2) is 7.08. The van der Waals surface area contributed by atoms with Crippen LogP contribution in [-0.4, -0.2) is 34.7 Å². The normalized spacial score (nSPS) is 9.91. The SMILES string of the molecule is O=C(O)COc1cc(NC(=O)c2ccccc2)cc(C(=O)O)c1. The molecule has 0 saturated heterocycles. The van der Waals surface area contributed by atoms with Crippen molar-refractivity contribution in [2.45, 2.75) is 0 Å². The maximum absolute atomic E-state index is 12.1. The highest BCUT2D eigenvalue weighted by Crippen LogP contribution is 2.22. The monoisotopic (exact) mass is 315 g/mol. The molecule has 0 saturated carbocycles. The molecule has 2 aromatic carbocycles. The van der Waals surface area contributed by atoms with Crippen LogP contribution in [0, 0.1) is 0 Å². The summed E-state index contributed by atoms with van der Waals surface area (Å²) >= 11 is 0. The summed E-state index contributed by atoms with van der Waals surface area (Å²) in [7, 11) is 0. The third-order valence-electron chi connectivity index (χ3n) is 2.81. The summed E-state index contributed by atoms with van der Waals surface area (Å²) in [4.78, 5) is 33.7. The Morgan fingerprint density at radius 2 is 1.65 bits per heavy atom. The maximum atomic E-state index is 12.1. The number of rotatable bonds is 6. The van der Waals surface area contributed by atoms with Crippen molar-refractivity contribution in [3.05, 3.63) is 59.7 Å². The third-order valence-corrected chi connectivity index (χ3v) is 2.81. The lowest BCUT2D eigenvalue weighted by Crippen LogP contribution is -2.13. The van der Waals surface area contributed by atoms with Crippen LogP contribution < -0.4 is 10.1 Å². The highest BCUT2D eigenvalue weighted by atomic mass is 16.5. The van der Waals surface area contributed by atoms with Gasteiger partial charge in [0.05, 0.1) is 5.56 Å². The Hall–Kier alpha value is -3.35. The molecule has 0 aliphatic heterocycles. The summed E-state index contributed by atoms with van der Waals surface area (Å²) < 4.78 is 4.97. The lowest BCUT2D eigenvalue weighted by molar-refractivity contribution is -0.139. The fourth-order valence-electron chi connectivity index (χ4n) is 1.82. The van der Waals surface area contributed by atoms with Gasteiger partial charge in [-0.1, -0.05) is 18.2 Å². The first kappa shape index (κ1) is 16.0. The Balaban J connectivity index is 2.24. The van der Waals surface area contributed by atoms with Crippen LogP contribution in [0.1, 0.15) is 20.7 Å². The topological polar surface area (TPSA) is 113 Å². The van der Waals surface area contributed by atoms with Crippen LogP contribution in [0.3, 0.4) is 0 Å². The third kappa shape index (κ3) is 4.57. The molecule has 2 aromatic rings. The molecular weight excluding hydrogens is 302 g/mol. The molecule has 0 aromatic heterocycles. The number of carboxylic acid groups (broad SMARTS) is 2. The second-order valence-electron chi connectivity index (χ2n) is 4.55. The van der Waals surface area contributed by atoms with Gasteiger partial charge in [0.25, 0.3) is 5.91 Å². The van der Waals surface area contributed by atoms with E-state index in [2.05, 4.69) is 5.32 Å². The van der Waals surface area contributed by atoms with Crippen molar-refractivity contribution in [2.75, 3.05) is 11.9 Å². The summed E-state index contributed by atoms with van der Waals surface area (Å²) in [6, 6.07) is 12.2. The summed E-state index contributed by atoms with van der Waals surface area (Å²) in [5, 5.41) is 20.2. The maximum Gasteiger partial charge on any atom is 0.341 e. The van der Waals surface area contributed by atoms with E-state index >= 15 is 0 Å². The number of carbonyl (C=O) groups is 3. The van der Waals surface area contributed by atoms with Crippen LogP contribution in [0.2, 0.25) is 0 Å². The Bertz CT molecular complexity index is 741. The number of amides is 1. The summed E-state index contributed by atoms with van der Waals surface area (Å²) in [6.07, 6.45) is 0. The van der Waals surface area contributed by atoms with E-state index in [1.807, 2.05) is 0 Å². The minimum absolute atomic E-state index is 0.0376. The molecule has 0 bridgehead atoms. The van der Waals surface area contributed by atoms with E-state index in [1.165, 1.54) is 18.2 Å². The van der Waals surface area contributed by atoms with E-state index in [9.17, 15) is 14.4 Å². The number of carbonyl (C=O) groups excluding carboxylic acids is 1.